The molecule has 6 nitrogen and oxygen atoms in total. The second kappa shape index (κ2) is 10.8. The number of benzene rings is 2. The molecule has 2 aromatic carbocycles. The van der Waals surface area contributed by atoms with Crippen LogP contribution in [0.4, 0.5) is 5.69 Å². The minimum absolute atomic E-state index is 0.139. The first-order chi connectivity index (χ1) is 14.9. The zero-order valence-corrected chi connectivity index (χ0v) is 18.8. The number of nitrogens with zero attached hydrogens (tertiary/aromatic N) is 2. The fourth-order valence-corrected chi connectivity index (χ4v) is 3.97. The fourth-order valence-electron chi connectivity index (χ4n) is 3.35. The second-order valence-corrected chi connectivity index (χ2v) is 8.52. The quantitative estimate of drug-likeness (QED) is 0.504. The Balaban J connectivity index is 1.68. The van der Waals surface area contributed by atoms with E-state index in [9.17, 15) is 9.59 Å². The first-order valence-corrected chi connectivity index (χ1v) is 11.0. The molecule has 0 fully saturated rings. The van der Waals surface area contributed by atoms with Gasteiger partial charge in [-0.2, -0.15) is 0 Å². The Labute approximate surface area is 186 Å². The number of nitrogens with one attached hydrogen (secondary N) is 1. The van der Waals surface area contributed by atoms with E-state index in [0.717, 1.165) is 21.8 Å². The molecule has 0 aliphatic heterocycles. The Morgan fingerprint density at radius 1 is 1.16 bits per heavy atom. The minimum Gasteiger partial charge on any atom is -0.469 e. The fraction of sp³-hybridized carbons (Fsp3) is 0.292. The normalized spacial score (nSPS) is 11.9. The number of methoxy groups -OCH3 is 1. The van der Waals surface area contributed by atoms with Gasteiger partial charge in [0.2, 0.25) is 5.91 Å². The number of hydrogen-bond acceptors (Lipinski definition) is 6. The molecule has 0 spiro atoms. The Kier molecular flexibility index (Phi) is 7.92. The summed E-state index contributed by atoms with van der Waals surface area (Å²) in [6, 6.07) is 17.6. The summed E-state index contributed by atoms with van der Waals surface area (Å²) in [4.78, 5) is 31.2. The van der Waals surface area contributed by atoms with E-state index in [0.29, 0.717) is 18.8 Å². The van der Waals surface area contributed by atoms with Crippen molar-refractivity contribution in [2.45, 2.75) is 20.4 Å². The number of aromatic nitrogens is 1. The van der Waals surface area contributed by atoms with Gasteiger partial charge in [-0.15, -0.1) is 11.3 Å². The van der Waals surface area contributed by atoms with Crippen LogP contribution in [-0.2, 0) is 20.9 Å². The van der Waals surface area contributed by atoms with Crippen molar-refractivity contribution < 1.29 is 14.3 Å². The number of anilines is 1. The predicted octanol–water partition coefficient (Wildman–Crippen LogP) is 4.37. The molecule has 1 aromatic heterocycles. The number of carbonyl (C=O) groups is 2. The Bertz CT molecular complexity index is 1020. The van der Waals surface area contributed by atoms with Gasteiger partial charge in [-0.05, 0) is 24.6 Å². The largest absolute Gasteiger partial charge is 0.469 e. The number of carbonyl (C=O) groups excluding carboxylic acids is 2. The molecular weight excluding hydrogens is 410 g/mol. The van der Waals surface area contributed by atoms with Crippen LogP contribution in [0.1, 0.15) is 17.5 Å². The molecule has 1 heterocycles. The van der Waals surface area contributed by atoms with Gasteiger partial charge in [-0.3, -0.25) is 14.5 Å². The van der Waals surface area contributed by atoms with Crippen LogP contribution >= 0.6 is 11.3 Å². The van der Waals surface area contributed by atoms with E-state index in [1.165, 1.54) is 7.11 Å². The van der Waals surface area contributed by atoms with Crippen LogP contribution < -0.4 is 5.32 Å². The zero-order chi connectivity index (χ0) is 22.2. The van der Waals surface area contributed by atoms with Crippen molar-refractivity contribution in [2.24, 2.45) is 5.92 Å². The number of thiazole rings is 1. The van der Waals surface area contributed by atoms with E-state index in [1.54, 1.807) is 18.3 Å². The van der Waals surface area contributed by atoms with Crippen molar-refractivity contribution in [3.8, 4) is 11.3 Å². The molecule has 1 N–H and O–H groups in total. The van der Waals surface area contributed by atoms with Crippen LogP contribution in [0.25, 0.3) is 11.3 Å². The van der Waals surface area contributed by atoms with Gasteiger partial charge >= 0.3 is 5.97 Å². The van der Waals surface area contributed by atoms with E-state index in [1.807, 2.05) is 71.8 Å². The number of esters is 1. The van der Waals surface area contributed by atoms with E-state index < -0.39 is 0 Å². The molecule has 0 aliphatic rings. The third-order valence-corrected chi connectivity index (χ3v) is 5.59. The maximum Gasteiger partial charge on any atom is 0.309 e. The Hall–Kier alpha value is -3.03. The van der Waals surface area contributed by atoms with Gasteiger partial charge in [0.1, 0.15) is 0 Å². The summed E-state index contributed by atoms with van der Waals surface area (Å²) in [5, 5.41) is 5.98. The molecule has 162 valence electrons. The van der Waals surface area contributed by atoms with E-state index in [-0.39, 0.29) is 24.3 Å². The summed E-state index contributed by atoms with van der Waals surface area (Å²) < 4.78 is 4.85. The molecule has 0 saturated carbocycles. The highest BCUT2D eigenvalue weighted by Gasteiger charge is 2.20. The minimum atomic E-state index is -0.335. The third-order valence-electron chi connectivity index (χ3n) is 4.81. The molecule has 31 heavy (non-hydrogen) atoms. The highest BCUT2D eigenvalue weighted by atomic mass is 32.1. The van der Waals surface area contributed by atoms with E-state index in [4.69, 9.17) is 4.74 Å². The summed E-state index contributed by atoms with van der Waals surface area (Å²) in [7, 11) is 1.38. The highest BCUT2D eigenvalue weighted by molar-refractivity contribution is 7.09. The molecule has 0 aliphatic carbocycles. The maximum atomic E-state index is 12.8. The average molecular weight is 438 g/mol. The first kappa shape index (κ1) is 22.7. The number of ether oxygens (including phenoxy) is 1. The van der Waals surface area contributed by atoms with Gasteiger partial charge < -0.3 is 10.1 Å². The molecule has 0 radical (unpaired) electrons. The molecule has 0 saturated heterocycles. The van der Waals surface area contributed by atoms with E-state index in [2.05, 4.69) is 10.3 Å². The first-order valence-electron chi connectivity index (χ1n) is 10.1. The molecule has 3 rings (SSSR count). The maximum absolute atomic E-state index is 12.8. The van der Waals surface area contributed by atoms with Crippen LogP contribution in [0.15, 0.2) is 60.0 Å². The molecule has 1 atom stereocenters. The van der Waals surface area contributed by atoms with Gasteiger partial charge in [0.15, 0.2) is 0 Å². The number of hydrogen-bond donors (Lipinski definition) is 1. The van der Waals surface area contributed by atoms with Gasteiger partial charge in [0, 0.05) is 29.7 Å². The van der Waals surface area contributed by atoms with Crippen molar-refractivity contribution in [3.05, 3.63) is 70.5 Å². The third kappa shape index (κ3) is 6.73. The molecule has 1 amide bonds. The Morgan fingerprint density at radius 3 is 2.61 bits per heavy atom. The lowest BCUT2D eigenvalue weighted by atomic mass is 10.1. The molecule has 7 heteroatoms. The molecular formula is C24H27N3O3S. The highest BCUT2D eigenvalue weighted by Crippen LogP contribution is 2.24. The van der Waals surface area contributed by atoms with Crippen molar-refractivity contribution >= 4 is 28.9 Å². The number of aryl methyl sites for hydroxylation is 1. The second-order valence-electron chi connectivity index (χ2n) is 7.46. The van der Waals surface area contributed by atoms with Gasteiger partial charge in [-0.1, -0.05) is 49.4 Å². The standard InChI is InChI=1S/C24H27N3O3S/c1-17(24(29)30-3)13-27(14-19-8-5-4-6-9-19)15-23(28)26-21-11-7-10-20(12-21)22-16-31-18(2)25-22/h4-12,16-17H,13-15H2,1-3H3,(H,26,28). The monoisotopic (exact) mass is 437 g/mol. The van der Waals surface area contributed by atoms with E-state index >= 15 is 0 Å². The molecule has 3 aromatic rings. The van der Waals surface area contributed by atoms with Crippen LogP contribution in [-0.4, -0.2) is 42.0 Å². The van der Waals surface area contributed by atoms with Gasteiger partial charge in [0.25, 0.3) is 0 Å². The smallest absolute Gasteiger partial charge is 0.309 e. The van der Waals surface area contributed by atoms with Crippen LogP contribution in [0.3, 0.4) is 0 Å². The average Bonchev–Trinajstić information content (AvgIpc) is 3.20. The van der Waals surface area contributed by atoms with Crippen LogP contribution in [0, 0.1) is 12.8 Å². The SMILES string of the molecule is COC(=O)C(C)CN(CC(=O)Nc1cccc(-c2csc(C)n2)c1)Cc1ccccc1. The molecule has 1 unspecified atom stereocenters. The topological polar surface area (TPSA) is 71.5 Å². The zero-order valence-electron chi connectivity index (χ0n) is 18.0. The van der Waals surface area contributed by atoms with Crippen LogP contribution in [0.5, 0.6) is 0 Å². The molecule has 0 bridgehead atoms. The lowest BCUT2D eigenvalue weighted by Gasteiger charge is -2.24. The summed E-state index contributed by atoms with van der Waals surface area (Å²) in [6.07, 6.45) is 0. The Morgan fingerprint density at radius 2 is 1.94 bits per heavy atom. The van der Waals surface area contributed by atoms with Crippen LogP contribution in [0.2, 0.25) is 0 Å². The van der Waals surface area contributed by atoms with Crippen molar-refractivity contribution in [2.75, 3.05) is 25.5 Å². The lowest BCUT2D eigenvalue weighted by molar-refractivity contribution is -0.145. The summed E-state index contributed by atoms with van der Waals surface area (Å²) in [5.41, 5.74) is 3.65. The summed E-state index contributed by atoms with van der Waals surface area (Å²) in [5.74, 6) is -0.762. The number of amides is 1. The van der Waals surface area contributed by atoms with Gasteiger partial charge in [-0.25, -0.2) is 4.98 Å². The van der Waals surface area contributed by atoms with Crippen molar-refractivity contribution in [1.82, 2.24) is 9.88 Å². The summed E-state index contributed by atoms with van der Waals surface area (Å²) in [6.45, 7) is 4.93. The summed E-state index contributed by atoms with van der Waals surface area (Å²) >= 11 is 1.60. The lowest BCUT2D eigenvalue weighted by Crippen LogP contribution is -2.37. The predicted molar refractivity (Wildman–Crippen MR) is 124 cm³/mol. The van der Waals surface area contributed by atoms with Crippen molar-refractivity contribution in [1.29, 1.82) is 0 Å². The van der Waals surface area contributed by atoms with Gasteiger partial charge in [0.05, 0.1) is 30.3 Å². The van der Waals surface area contributed by atoms with Crippen molar-refractivity contribution in [3.63, 3.8) is 0 Å². The number of rotatable bonds is 9.